The molecule has 1 aromatic rings. The summed E-state index contributed by atoms with van der Waals surface area (Å²) < 4.78 is 0. The molecule has 4 rings (SSSR count). The Morgan fingerprint density at radius 1 is 1.21 bits per heavy atom. The number of hydrogen-bond acceptors (Lipinski definition) is 5. The number of piperidine rings is 1. The smallest absolute Gasteiger partial charge is 0.255 e. The van der Waals surface area contributed by atoms with Gasteiger partial charge in [0.25, 0.3) is 5.91 Å². The van der Waals surface area contributed by atoms with Crippen molar-refractivity contribution in [1.82, 2.24) is 15.5 Å². The summed E-state index contributed by atoms with van der Waals surface area (Å²) in [5.74, 6) is -0.763. The number of benzene rings is 1. The molecule has 28 heavy (non-hydrogen) atoms. The molecular formula is C21H28N4O3. The normalized spacial score (nSPS) is 23.8. The van der Waals surface area contributed by atoms with Crippen molar-refractivity contribution in [2.45, 2.75) is 69.6 Å². The van der Waals surface area contributed by atoms with Gasteiger partial charge in [0.2, 0.25) is 11.8 Å². The van der Waals surface area contributed by atoms with Crippen LogP contribution in [0.5, 0.6) is 0 Å². The van der Waals surface area contributed by atoms with Gasteiger partial charge in [0, 0.05) is 30.6 Å². The third-order valence-corrected chi connectivity index (χ3v) is 6.44. The van der Waals surface area contributed by atoms with Crippen molar-refractivity contribution >= 4 is 17.7 Å². The molecule has 2 heterocycles. The van der Waals surface area contributed by atoms with Crippen molar-refractivity contribution in [1.29, 1.82) is 0 Å². The lowest BCUT2D eigenvalue weighted by atomic mass is 9.92. The second-order valence-corrected chi connectivity index (χ2v) is 8.27. The molecule has 0 spiro atoms. The Morgan fingerprint density at radius 3 is 2.71 bits per heavy atom. The van der Waals surface area contributed by atoms with Crippen LogP contribution in [0.25, 0.3) is 0 Å². The maximum absolute atomic E-state index is 12.8. The lowest BCUT2D eigenvalue weighted by Crippen LogP contribution is -2.52. The molecule has 0 radical (unpaired) electrons. The molecule has 2 aliphatic heterocycles. The number of carbonyl (C=O) groups excluding carboxylic acids is 3. The predicted molar refractivity (Wildman–Crippen MR) is 104 cm³/mol. The molecule has 7 heteroatoms. The summed E-state index contributed by atoms with van der Waals surface area (Å²) in [6.45, 7) is 1.86. The third-order valence-electron chi connectivity index (χ3n) is 6.44. The second-order valence-electron chi connectivity index (χ2n) is 8.27. The summed E-state index contributed by atoms with van der Waals surface area (Å²) in [6, 6.07) is 5.36. The Bertz CT molecular complexity index is 801. The predicted octanol–water partition coefficient (Wildman–Crippen LogP) is 1.20. The molecule has 3 aliphatic rings. The van der Waals surface area contributed by atoms with Gasteiger partial charge in [0.1, 0.15) is 6.04 Å². The first-order chi connectivity index (χ1) is 13.5. The Hall–Kier alpha value is -2.25. The minimum absolute atomic E-state index is 0.126. The van der Waals surface area contributed by atoms with Gasteiger partial charge >= 0.3 is 0 Å². The summed E-state index contributed by atoms with van der Waals surface area (Å²) in [5, 5.41) is 6.06. The van der Waals surface area contributed by atoms with E-state index in [4.69, 9.17) is 5.73 Å². The molecule has 1 saturated heterocycles. The van der Waals surface area contributed by atoms with Crippen molar-refractivity contribution in [3.63, 3.8) is 0 Å². The van der Waals surface area contributed by atoms with E-state index in [0.29, 0.717) is 25.1 Å². The molecule has 4 N–H and O–H groups in total. The Morgan fingerprint density at radius 2 is 2.00 bits per heavy atom. The van der Waals surface area contributed by atoms with Gasteiger partial charge in [-0.25, -0.2) is 0 Å². The topological polar surface area (TPSA) is 105 Å². The molecule has 150 valence electrons. The molecule has 1 aliphatic carbocycles. The number of hydrogen-bond donors (Lipinski definition) is 3. The molecule has 0 aromatic heterocycles. The summed E-state index contributed by atoms with van der Waals surface area (Å²) in [5.41, 5.74) is 8.71. The molecule has 0 bridgehead atoms. The van der Waals surface area contributed by atoms with Crippen LogP contribution < -0.4 is 16.4 Å². The maximum atomic E-state index is 12.8. The highest BCUT2D eigenvalue weighted by Crippen LogP contribution is 2.33. The van der Waals surface area contributed by atoms with Gasteiger partial charge in [0.05, 0.1) is 0 Å². The summed E-state index contributed by atoms with van der Waals surface area (Å²) in [4.78, 5) is 37.9. The highest BCUT2D eigenvalue weighted by atomic mass is 16.2. The van der Waals surface area contributed by atoms with E-state index in [9.17, 15) is 14.4 Å². The van der Waals surface area contributed by atoms with Crippen LogP contribution >= 0.6 is 0 Å². The Kier molecular flexibility index (Phi) is 5.21. The molecule has 3 amide bonds. The minimum Gasteiger partial charge on any atom is -0.330 e. The van der Waals surface area contributed by atoms with Gasteiger partial charge in [0.15, 0.2) is 0 Å². The second kappa shape index (κ2) is 7.64. The first kappa shape index (κ1) is 19.1. The largest absolute Gasteiger partial charge is 0.330 e. The van der Waals surface area contributed by atoms with Crippen LogP contribution in [-0.2, 0) is 22.7 Å². The number of rotatable bonds is 6. The zero-order valence-electron chi connectivity index (χ0n) is 16.1. The first-order valence-corrected chi connectivity index (χ1v) is 10.2. The Labute approximate surface area is 165 Å². The molecule has 1 saturated carbocycles. The van der Waals surface area contributed by atoms with E-state index in [1.165, 1.54) is 12.8 Å². The lowest BCUT2D eigenvalue weighted by Gasteiger charge is -2.30. The highest BCUT2D eigenvalue weighted by molar-refractivity contribution is 6.05. The van der Waals surface area contributed by atoms with Crippen molar-refractivity contribution in [3.8, 4) is 0 Å². The standard InChI is InChI=1S/C21H28N4O3/c22-10-9-21(7-1-2-8-21)23-12-14-3-4-16-15(11-14)13-25(20(16)28)17-5-6-18(26)24-19(17)27/h3-4,11,17,23H,1-2,5-10,12-13,22H2,(H,24,26,27). The van der Waals surface area contributed by atoms with Gasteiger partial charge in [-0.15, -0.1) is 0 Å². The van der Waals surface area contributed by atoms with Crippen LogP contribution in [0.15, 0.2) is 18.2 Å². The summed E-state index contributed by atoms with van der Waals surface area (Å²) in [6.07, 6.45) is 6.46. The molecular weight excluding hydrogens is 356 g/mol. The van der Waals surface area contributed by atoms with Crippen LogP contribution in [0.2, 0.25) is 0 Å². The van der Waals surface area contributed by atoms with Crippen LogP contribution in [0.1, 0.15) is 66.4 Å². The number of imide groups is 1. The number of carbonyl (C=O) groups is 3. The van der Waals surface area contributed by atoms with Crippen LogP contribution in [0.3, 0.4) is 0 Å². The van der Waals surface area contributed by atoms with Gasteiger partial charge < -0.3 is 16.0 Å². The molecule has 1 aromatic carbocycles. The molecule has 1 unspecified atom stereocenters. The van der Waals surface area contributed by atoms with Crippen LogP contribution in [-0.4, -0.2) is 40.7 Å². The molecule has 1 atom stereocenters. The third kappa shape index (κ3) is 3.56. The summed E-state index contributed by atoms with van der Waals surface area (Å²) in [7, 11) is 0. The first-order valence-electron chi connectivity index (χ1n) is 10.2. The van der Waals surface area contributed by atoms with Crippen LogP contribution in [0.4, 0.5) is 0 Å². The fourth-order valence-electron chi connectivity index (χ4n) is 4.87. The van der Waals surface area contributed by atoms with E-state index in [1.807, 2.05) is 12.1 Å². The van der Waals surface area contributed by atoms with Crippen LogP contribution in [0, 0.1) is 0 Å². The zero-order valence-corrected chi connectivity index (χ0v) is 16.1. The van der Waals surface area contributed by atoms with Gasteiger partial charge in [-0.1, -0.05) is 25.0 Å². The lowest BCUT2D eigenvalue weighted by molar-refractivity contribution is -0.136. The quantitative estimate of drug-likeness (QED) is 0.639. The van der Waals surface area contributed by atoms with E-state index >= 15 is 0 Å². The average molecular weight is 384 g/mol. The fraction of sp³-hybridized carbons (Fsp3) is 0.571. The number of nitrogens with two attached hydrogens (primary N) is 1. The monoisotopic (exact) mass is 384 g/mol. The molecule has 7 nitrogen and oxygen atoms in total. The number of fused-ring (bicyclic) bond motifs is 1. The number of nitrogens with zero attached hydrogens (tertiary/aromatic N) is 1. The van der Waals surface area contributed by atoms with E-state index in [2.05, 4.69) is 16.7 Å². The van der Waals surface area contributed by atoms with E-state index in [-0.39, 0.29) is 29.7 Å². The number of nitrogens with one attached hydrogen (secondary N) is 2. The minimum atomic E-state index is -0.564. The van der Waals surface area contributed by atoms with E-state index in [0.717, 1.165) is 36.9 Å². The van der Waals surface area contributed by atoms with Gasteiger partial charge in [-0.2, -0.15) is 0 Å². The SMILES string of the molecule is NCCC1(NCc2ccc3c(c2)CN(C2CCC(=O)NC2=O)C3=O)CCCC1. The molecule has 2 fully saturated rings. The maximum Gasteiger partial charge on any atom is 0.255 e. The number of amides is 3. The van der Waals surface area contributed by atoms with Crippen molar-refractivity contribution in [3.05, 3.63) is 34.9 Å². The summed E-state index contributed by atoms with van der Waals surface area (Å²) >= 11 is 0. The van der Waals surface area contributed by atoms with Crippen molar-refractivity contribution < 1.29 is 14.4 Å². The van der Waals surface area contributed by atoms with Crippen molar-refractivity contribution in [2.24, 2.45) is 5.73 Å². The zero-order chi connectivity index (χ0) is 19.7. The highest BCUT2D eigenvalue weighted by Gasteiger charge is 2.39. The van der Waals surface area contributed by atoms with Gasteiger partial charge in [-0.05, 0) is 49.4 Å². The van der Waals surface area contributed by atoms with Crippen molar-refractivity contribution in [2.75, 3.05) is 6.54 Å². The van der Waals surface area contributed by atoms with E-state index in [1.54, 1.807) is 4.90 Å². The van der Waals surface area contributed by atoms with Gasteiger partial charge in [-0.3, -0.25) is 19.7 Å². The average Bonchev–Trinajstić information content (AvgIpc) is 3.26. The van der Waals surface area contributed by atoms with E-state index < -0.39 is 6.04 Å². The Balaban J connectivity index is 1.45. The fourth-order valence-corrected chi connectivity index (χ4v) is 4.87.